The number of pyridine rings is 1. The molecule has 0 spiro atoms. The molecule has 4 heterocycles. The van der Waals surface area contributed by atoms with Crippen molar-refractivity contribution in [2.45, 2.75) is 18.8 Å². The van der Waals surface area contributed by atoms with Gasteiger partial charge in [-0.1, -0.05) is 12.1 Å². The maximum absolute atomic E-state index is 12.9. The standard InChI is InChI=1S/C24H25N5O2/c1-27-12-5-9-21(27)24(30)28-13-4-7-19(15-28)23-25-22-11-10-18(16-29(22)26-23)17-6-3-8-20(14-17)31-2/h3,5-6,8-12,14,16,19H,4,7,13,15H2,1-2H3/t19-/m1/s1. The van der Waals surface area contributed by atoms with Crippen LogP contribution in [0, 0.1) is 0 Å². The molecule has 1 atom stereocenters. The van der Waals surface area contributed by atoms with Gasteiger partial charge in [-0.15, -0.1) is 0 Å². The molecule has 0 N–H and O–H groups in total. The highest BCUT2D eigenvalue weighted by atomic mass is 16.5. The molecule has 3 aromatic heterocycles. The van der Waals surface area contributed by atoms with Crippen LogP contribution in [0.15, 0.2) is 60.9 Å². The molecule has 1 aliphatic heterocycles. The summed E-state index contributed by atoms with van der Waals surface area (Å²) in [6.45, 7) is 1.41. The predicted molar refractivity (Wildman–Crippen MR) is 118 cm³/mol. The molecule has 0 saturated carbocycles. The molecule has 1 saturated heterocycles. The minimum absolute atomic E-state index is 0.0706. The van der Waals surface area contributed by atoms with E-state index in [0.717, 1.165) is 47.7 Å². The molecule has 31 heavy (non-hydrogen) atoms. The second-order valence-electron chi connectivity index (χ2n) is 8.02. The molecule has 5 rings (SSSR count). The second-order valence-corrected chi connectivity index (χ2v) is 8.02. The van der Waals surface area contributed by atoms with Crippen molar-refractivity contribution >= 4 is 11.6 Å². The Labute approximate surface area is 180 Å². The summed E-state index contributed by atoms with van der Waals surface area (Å²) in [4.78, 5) is 19.6. The van der Waals surface area contributed by atoms with Gasteiger partial charge in [-0.3, -0.25) is 4.79 Å². The maximum atomic E-state index is 12.9. The van der Waals surface area contributed by atoms with Crippen LogP contribution < -0.4 is 4.74 Å². The molecule has 1 fully saturated rings. The van der Waals surface area contributed by atoms with Crippen LogP contribution in [0.3, 0.4) is 0 Å². The van der Waals surface area contributed by atoms with E-state index in [1.165, 1.54) is 0 Å². The average Bonchev–Trinajstić information content (AvgIpc) is 3.44. The summed E-state index contributed by atoms with van der Waals surface area (Å²) in [5, 5.41) is 4.77. The zero-order chi connectivity index (χ0) is 21.4. The number of fused-ring (bicyclic) bond motifs is 1. The molecule has 1 aromatic carbocycles. The van der Waals surface area contributed by atoms with E-state index in [9.17, 15) is 4.79 Å². The number of piperidine rings is 1. The highest BCUT2D eigenvalue weighted by Gasteiger charge is 2.28. The summed E-state index contributed by atoms with van der Waals surface area (Å²) < 4.78 is 9.05. The zero-order valence-electron chi connectivity index (χ0n) is 17.7. The third kappa shape index (κ3) is 3.67. The van der Waals surface area contributed by atoms with Crippen molar-refractivity contribution in [3.63, 3.8) is 0 Å². The Balaban J connectivity index is 1.40. The highest BCUT2D eigenvalue weighted by molar-refractivity contribution is 5.92. The van der Waals surface area contributed by atoms with Crippen molar-refractivity contribution in [3.05, 3.63) is 72.4 Å². The summed E-state index contributed by atoms with van der Waals surface area (Å²) >= 11 is 0. The number of aromatic nitrogens is 4. The molecule has 158 valence electrons. The van der Waals surface area contributed by atoms with Crippen molar-refractivity contribution in [1.29, 1.82) is 0 Å². The highest BCUT2D eigenvalue weighted by Crippen LogP contribution is 2.28. The fourth-order valence-electron chi connectivity index (χ4n) is 4.26. The summed E-state index contributed by atoms with van der Waals surface area (Å²) in [6.07, 6.45) is 5.83. The average molecular weight is 415 g/mol. The lowest BCUT2D eigenvalue weighted by Crippen LogP contribution is -2.40. The number of nitrogens with zero attached hydrogens (tertiary/aromatic N) is 5. The molecule has 0 radical (unpaired) electrons. The Kier molecular flexibility index (Phi) is 4.94. The van der Waals surface area contributed by atoms with Gasteiger partial charge in [-0.2, -0.15) is 5.10 Å². The number of aryl methyl sites for hydroxylation is 1. The third-order valence-electron chi connectivity index (χ3n) is 5.99. The topological polar surface area (TPSA) is 64.7 Å². The molecule has 7 nitrogen and oxygen atoms in total. The Hall–Kier alpha value is -3.61. The van der Waals surface area contributed by atoms with E-state index in [1.807, 2.05) is 69.8 Å². The van der Waals surface area contributed by atoms with Crippen molar-refractivity contribution in [2.24, 2.45) is 7.05 Å². The molecule has 7 heteroatoms. The largest absolute Gasteiger partial charge is 0.497 e. The molecule has 4 aromatic rings. The monoisotopic (exact) mass is 415 g/mol. The molecule has 0 unspecified atom stereocenters. The lowest BCUT2D eigenvalue weighted by molar-refractivity contribution is 0.0695. The number of hydrogen-bond acceptors (Lipinski definition) is 4. The summed E-state index contributed by atoms with van der Waals surface area (Å²) in [5.41, 5.74) is 3.64. The summed E-state index contributed by atoms with van der Waals surface area (Å²) in [6, 6.07) is 15.8. The van der Waals surface area contributed by atoms with Crippen LogP contribution in [-0.4, -0.2) is 50.2 Å². The Morgan fingerprint density at radius 3 is 2.84 bits per heavy atom. The van der Waals surface area contributed by atoms with E-state index in [1.54, 1.807) is 7.11 Å². The van der Waals surface area contributed by atoms with Crippen LogP contribution in [0.1, 0.15) is 35.1 Å². The van der Waals surface area contributed by atoms with Gasteiger partial charge in [0.25, 0.3) is 5.91 Å². The van der Waals surface area contributed by atoms with E-state index in [-0.39, 0.29) is 11.8 Å². The van der Waals surface area contributed by atoms with Crippen molar-refractivity contribution in [1.82, 2.24) is 24.1 Å². The quantitative estimate of drug-likeness (QED) is 0.509. The molecule has 1 aliphatic rings. The Morgan fingerprint density at radius 1 is 1.13 bits per heavy atom. The van der Waals surface area contributed by atoms with Gasteiger partial charge in [0.2, 0.25) is 0 Å². The molecule has 1 amide bonds. The number of hydrogen-bond donors (Lipinski definition) is 0. The predicted octanol–water partition coefficient (Wildman–Crippen LogP) is 3.76. The van der Waals surface area contributed by atoms with Crippen LogP contribution in [0.4, 0.5) is 0 Å². The number of methoxy groups -OCH3 is 1. The van der Waals surface area contributed by atoms with Gasteiger partial charge in [-0.25, -0.2) is 9.50 Å². The van der Waals surface area contributed by atoms with Crippen LogP contribution in [0.25, 0.3) is 16.8 Å². The lowest BCUT2D eigenvalue weighted by atomic mass is 9.97. The fourth-order valence-corrected chi connectivity index (χ4v) is 4.26. The maximum Gasteiger partial charge on any atom is 0.270 e. The van der Waals surface area contributed by atoms with E-state index in [0.29, 0.717) is 12.2 Å². The summed E-state index contributed by atoms with van der Waals surface area (Å²) in [7, 11) is 3.57. The van der Waals surface area contributed by atoms with Gasteiger partial charge >= 0.3 is 0 Å². The lowest BCUT2D eigenvalue weighted by Gasteiger charge is -2.31. The van der Waals surface area contributed by atoms with Crippen molar-refractivity contribution in [2.75, 3.05) is 20.2 Å². The Bertz CT molecular complexity index is 1240. The van der Waals surface area contributed by atoms with Crippen molar-refractivity contribution < 1.29 is 9.53 Å². The smallest absolute Gasteiger partial charge is 0.270 e. The zero-order valence-corrected chi connectivity index (χ0v) is 17.7. The van der Waals surface area contributed by atoms with E-state index in [2.05, 4.69) is 12.1 Å². The number of benzene rings is 1. The van der Waals surface area contributed by atoms with Gasteiger partial charge in [0.1, 0.15) is 11.4 Å². The number of ether oxygens (including phenoxy) is 1. The van der Waals surface area contributed by atoms with Crippen LogP contribution in [0.2, 0.25) is 0 Å². The van der Waals surface area contributed by atoms with Crippen LogP contribution in [0.5, 0.6) is 5.75 Å². The molecular weight excluding hydrogens is 390 g/mol. The number of amides is 1. The number of rotatable bonds is 4. The molecule has 0 aliphatic carbocycles. The second kappa shape index (κ2) is 7.91. The number of carbonyl (C=O) groups is 1. The van der Waals surface area contributed by atoms with Crippen LogP contribution >= 0.6 is 0 Å². The summed E-state index contributed by atoms with van der Waals surface area (Å²) in [5.74, 6) is 1.83. The van der Waals surface area contributed by atoms with E-state index in [4.69, 9.17) is 14.8 Å². The fraction of sp³-hybridized carbons (Fsp3) is 0.292. The normalized spacial score (nSPS) is 16.6. The molecule has 0 bridgehead atoms. The SMILES string of the molecule is COc1cccc(-c2ccc3nc([C@@H]4CCCN(C(=O)c5cccn5C)C4)nn3c2)c1. The van der Waals surface area contributed by atoms with Gasteiger partial charge in [0.05, 0.1) is 7.11 Å². The Morgan fingerprint density at radius 2 is 2.03 bits per heavy atom. The minimum atomic E-state index is 0.0706. The molecular formula is C24H25N5O2. The van der Waals surface area contributed by atoms with E-state index >= 15 is 0 Å². The van der Waals surface area contributed by atoms with Gasteiger partial charge in [0, 0.05) is 44.0 Å². The first kappa shape index (κ1) is 19.4. The first-order valence-corrected chi connectivity index (χ1v) is 10.5. The third-order valence-corrected chi connectivity index (χ3v) is 5.99. The number of likely N-dealkylation sites (tertiary alicyclic amines) is 1. The van der Waals surface area contributed by atoms with Crippen molar-refractivity contribution in [3.8, 4) is 16.9 Å². The van der Waals surface area contributed by atoms with Gasteiger partial charge in [0.15, 0.2) is 11.5 Å². The number of carbonyl (C=O) groups excluding carboxylic acids is 1. The first-order chi connectivity index (χ1) is 15.1. The van der Waals surface area contributed by atoms with Gasteiger partial charge < -0.3 is 14.2 Å². The van der Waals surface area contributed by atoms with Crippen LogP contribution in [-0.2, 0) is 7.05 Å². The first-order valence-electron chi connectivity index (χ1n) is 10.5. The minimum Gasteiger partial charge on any atom is -0.497 e. The van der Waals surface area contributed by atoms with E-state index < -0.39 is 0 Å². The van der Waals surface area contributed by atoms with Gasteiger partial charge in [-0.05, 0) is 54.8 Å².